The lowest BCUT2D eigenvalue weighted by molar-refractivity contribution is -0.139. The summed E-state index contributed by atoms with van der Waals surface area (Å²) in [6.45, 7) is 1.47. The molecule has 1 aliphatic rings. The van der Waals surface area contributed by atoms with Gasteiger partial charge in [0.05, 0.1) is 50.8 Å². The van der Waals surface area contributed by atoms with Crippen LogP contribution in [0.1, 0.15) is 38.8 Å². The van der Waals surface area contributed by atoms with Crippen molar-refractivity contribution in [2.75, 3.05) is 34.2 Å². The van der Waals surface area contributed by atoms with Crippen molar-refractivity contribution in [1.29, 1.82) is 0 Å². The van der Waals surface area contributed by atoms with Crippen LogP contribution in [0.3, 0.4) is 0 Å². The number of fused-ring (bicyclic) bond motifs is 1. The van der Waals surface area contributed by atoms with Crippen molar-refractivity contribution in [3.63, 3.8) is 0 Å². The number of methoxy groups -OCH3 is 4. The molecule has 4 N–H and O–H groups in total. The van der Waals surface area contributed by atoms with Crippen LogP contribution in [0, 0.1) is 0 Å². The zero-order valence-corrected chi connectivity index (χ0v) is 17.0. The molecule has 0 aromatic heterocycles. The van der Waals surface area contributed by atoms with Gasteiger partial charge in [0, 0.05) is 11.6 Å². The molecule has 1 unspecified atom stereocenters. The number of amidine groups is 1. The van der Waals surface area contributed by atoms with Crippen LogP contribution in [-0.2, 0) is 34.1 Å². The molecule has 0 fully saturated rings. The molecule has 0 aliphatic carbocycles. The monoisotopic (exact) mass is 419 g/mol. The number of benzene rings is 1. The summed E-state index contributed by atoms with van der Waals surface area (Å²) in [5.41, 5.74) is 10.0. The van der Waals surface area contributed by atoms with E-state index in [0.717, 1.165) is 34.5 Å². The Morgan fingerprint density at radius 1 is 0.967 bits per heavy atom. The van der Waals surface area contributed by atoms with Gasteiger partial charge in [-0.15, -0.1) is 0 Å². The lowest BCUT2D eigenvalue weighted by Gasteiger charge is -2.25. The Balaban J connectivity index is 2.93. The first-order chi connectivity index (χ1) is 14.1. The van der Waals surface area contributed by atoms with Gasteiger partial charge in [-0.3, -0.25) is 4.99 Å². The van der Waals surface area contributed by atoms with E-state index in [1.54, 1.807) is 0 Å². The zero-order chi connectivity index (χ0) is 22.8. The Morgan fingerprint density at radius 2 is 1.57 bits per heavy atom. The minimum absolute atomic E-state index is 0.116. The summed E-state index contributed by atoms with van der Waals surface area (Å²) >= 11 is 0. The molecule has 0 spiro atoms. The van der Waals surface area contributed by atoms with Crippen molar-refractivity contribution in [2.45, 2.75) is 12.5 Å². The summed E-state index contributed by atoms with van der Waals surface area (Å²) in [6.07, 6.45) is 0.903. The van der Waals surface area contributed by atoms with Gasteiger partial charge in [-0.1, -0.05) is 0 Å². The molecule has 1 aromatic rings. The first-order valence-corrected chi connectivity index (χ1v) is 8.45. The second-order valence-electron chi connectivity index (χ2n) is 6.26. The number of rotatable bonds is 5. The van der Waals surface area contributed by atoms with Crippen molar-refractivity contribution in [3.8, 4) is 0 Å². The molecule has 0 amide bonds. The Bertz CT molecular complexity index is 1010. The van der Waals surface area contributed by atoms with Crippen LogP contribution in [0.5, 0.6) is 0 Å². The molecule has 1 aliphatic heterocycles. The fourth-order valence-electron chi connectivity index (χ4n) is 3.20. The highest BCUT2D eigenvalue weighted by atomic mass is 16.5. The molecule has 1 aromatic carbocycles. The number of esters is 4. The first-order valence-electron chi connectivity index (χ1n) is 8.45. The number of carbonyl (C=O) groups is 4. The van der Waals surface area contributed by atoms with Gasteiger partial charge in [0.2, 0.25) is 0 Å². The number of ether oxygens (including phenoxy) is 4. The predicted octanol–water partition coefficient (Wildman–Crippen LogP) is 0.0485. The van der Waals surface area contributed by atoms with Gasteiger partial charge in [0.25, 0.3) is 0 Å². The largest absolute Gasteiger partial charge is 0.466 e. The third kappa shape index (κ3) is 3.45. The quantitative estimate of drug-likeness (QED) is 0.288. The summed E-state index contributed by atoms with van der Waals surface area (Å²) in [6, 6.07) is 1.27. The minimum atomic E-state index is -1.58. The lowest BCUT2D eigenvalue weighted by Crippen LogP contribution is -2.29. The van der Waals surface area contributed by atoms with E-state index in [1.165, 1.54) is 13.0 Å². The molecule has 1 atom stereocenters. The Morgan fingerprint density at radius 3 is 2.07 bits per heavy atom. The third-order valence-corrected chi connectivity index (χ3v) is 4.68. The molecule has 11 nitrogen and oxygen atoms in total. The number of aliphatic imine (C=N–C) groups is 1. The number of carbonyl (C=O) groups excluding carboxylic acids is 4. The van der Waals surface area contributed by atoms with E-state index < -0.39 is 29.4 Å². The standard InChI is InChI=1S/C19H21N3O8/c1-19(10(17(25)29-4)7-11(23)27-2)9-6-8(16(24)28-3)12(18(26)30-5)14(20)13(9)15(21)22-19/h6-7H,20H2,1-5H3,(H2,21,22)/b10-7+. The van der Waals surface area contributed by atoms with Crippen LogP contribution >= 0.6 is 0 Å². The number of hydrogen-bond donors (Lipinski definition) is 2. The van der Waals surface area contributed by atoms with Crippen LogP contribution in [0.15, 0.2) is 22.7 Å². The van der Waals surface area contributed by atoms with E-state index >= 15 is 0 Å². The molecule has 30 heavy (non-hydrogen) atoms. The van der Waals surface area contributed by atoms with Gasteiger partial charge in [0.15, 0.2) is 0 Å². The molecule has 160 valence electrons. The Kier molecular flexibility index (Phi) is 6.15. The SMILES string of the molecule is COC(=O)/C=C(\C(=O)OC)C1(C)N=C(N)c2c1cc(C(=O)OC)c(C(=O)OC)c2N. The lowest BCUT2D eigenvalue weighted by atomic mass is 9.81. The second kappa shape index (κ2) is 8.23. The van der Waals surface area contributed by atoms with Crippen molar-refractivity contribution in [1.82, 2.24) is 0 Å². The van der Waals surface area contributed by atoms with Crippen molar-refractivity contribution >= 4 is 35.4 Å². The molecule has 0 radical (unpaired) electrons. The predicted molar refractivity (Wildman–Crippen MR) is 104 cm³/mol. The molecule has 0 bridgehead atoms. The third-order valence-electron chi connectivity index (χ3n) is 4.68. The van der Waals surface area contributed by atoms with Gasteiger partial charge in [-0.05, 0) is 18.6 Å². The van der Waals surface area contributed by atoms with E-state index in [0.29, 0.717) is 0 Å². The van der Waals surface area contributed by atoms with E-state index in [-0.39, 0.29) is 39.3 Å². The summed E-state index contributed by atoms with van der Waals surface area (Å²) in [5, 5.41) is 0. The molecule has 0 saturated heterocycles. The Labute approximate surface area is 171 Å². The maximum absolute atomic E-state index is 12.4. The van der Waals surface area contributed by atoms with Gasteiger partial charge in [-0.25, -0.2) is 19.2 Å². The van der Waals surface area contributed by atoms with E-state index in [9.17, 15) is 19.2 Å². The first kappa shape index (κ1) is 22.4. The fraction of sp³-hybridized carbons (Fsp3) is 0.316. The van der Waals surface area contributed by atoms with E-state index in [1.807, 2.05) is 0 Å². The number of hydrogen-bond acceptors (Lipinski definition) is 11. The van der Waals surface area contributed by atoms with Gasteiger partial charge in [-0.2, -0.15) is 0 Å². The van der Waals surface area contributed by atoms with Crippen LogP contribution in [0.4, 0.5) is 5.69 Å². The minimum Gasteiger partial charge on any atom is -0.466 e. The highest BCUT2D eigenvalue weighted by Gasteiger charge is 2.45. The van der Waals surface area contributed by atoms with Gasteiger partial charge < -0.3 is 30.4 Å². The molecular formula is C19H21N3O8. The number of nitrogens with two attached hydrogens (primary N) is 2. The van der Waals surface area contributed by atoms with Gasteiger partial charge >= 0.3 is 23.9 Å². The number of anilines is 1. The summed E-state index contributed by atoms with van der Waals surface area (Å²) in [5.74, 6) is -3.62. The molecule has 0 saturated carbocycles. The van der Waals surface area contributed by atoms with Crippen LogP contribution in [0.2, 0.25) is 0 Å². The van der Waals surface area contributed by atoms with Crippen molar-refractivity contribution in [2.24, 2.45) is 10.7 Å². The second-order valence-corrected chi connectivity index (χ2v) is 6.26. The highest BCUT2D eigenvalue weighted by Crippen LogP contribution is 2.44. The topological polar surface area (TPSA) is 170 Å². The van der Waals surface area contributed by atoms with E-state index in [2.05, 4.69) is 9.73 Å². The molecular weight excluding hydrogens is 398 g/mol. The summed E-state index contributed by atoms with van der Waals surface area (Å²) in [4.78, 5) is 53.2. The fourth-order valence-corrected chi connectivity index (χ4v) is 3.20. The van der Waals surface area contributed by atoms with Crippen molar-refractivity contribution in [3.05, 3.63) is 40.0 Å². The van der Waals surface area contributed by atoms with Crippen LogP contribution in [0.25, 0.3) is 0 Å². The molecule has 2 rings (SSSR count). The normalized spacial score (nSPS) is 17.5. The highest BCUT2D eigenvalue weighted by molar-refractivity contribution is 6.16. The summed E-state index contributed by atoms with van der Waals surface area (Å²) < 4.78 is 18.8. The maximum atomic E-state index is 12.4. The summed E-state index contributed by atoms with van der Waals surface area (Å²) in [7, 11) is 4.49. The molecule has 1 heterocycles. The average Bonchev–Trinajstić information content (AvgIpc) is 3.00. The smallest absolute Gasteiger partial charge is 0.340 e. The Hall–Kier alpha value is -3.89. The van der Waals surface area contributed by atoms with Crippen LogP contribution < -0.4 is 11.5 Å². The number of nitrogens with zero attached hydrogens (tertiary/aromatic N) is 1. The number of nitrogen functional groups attached to an aromatic ring is 1. The van der Waals surface area contributed by atoms with Crippen molar-refractivity contribution < 1.29 is 38.1 Å². The van der Waals surface area contributed by atoms with Crippen LogP contribution in [-0.4, -0.2) is 58.2 Å². The van der Waals surface area contributed by atoms with Gasteiger partial charge in [0.1, 0.15) is 11.4 Å². The zero-order valence-electron chi connectivity index (χ0n) is 17.0. The average molecular weight is 419 g/mol. The maximum Gasteiger partial charge on any atom is 0.340 e. The molecule has 11 heteroatoms. The van der Waals surface area contributed by atoms with E-state index in [4.69, 9.17) is 25.7 Å².